The van der Waals surface area contributed by atoms with Crippen molar-refractivity contribution < 1.29 is 28.5 Å². The van der Waals surface area contributed by atoms with E-state index in [1.54, 1.807) is 31.2 Å². The lowest BCUT2D eigenvalue weighted by Crippen LogP contribution is -2.21. The minimum atomic E-state index is -0.925. The van der Waals surface area contributed by atoms with Gasteiger partial charge in [-0.05, 0) is 37.1 Å². The van der Waals surface area contributed by atoms with Crippen LogP contribution in [0, 0.1) is 6.92 Å². The van der Waals surface area contributed by atoms with Crippen molar-refractivity contribution in [1.82, 2.24) is 20.6 Å². The van der Waals surface area contributed by atoms with E-state index in [4.69, 9.17) is 18.6 Å². The van der Waals surface area contributed by atoms with E-state index in [2.05, 4.69) is 25.9 Å². The molecule has 2 aromatic carbocycles. The topological polar surface area (TPSA) is 162 Å². The second kappa shape index (κ2) is 12.1. The number of anilines is 1. The van der Waals surface area contributed by atoms with E-state index in [1.807, 2.05) is 12.1 Å². The first kappa shape index (κ1) is 27.2. The Morgan fingerprint density at radius 2 is 1.79 bits per heavy atom. The number of H-pyrrole nitrogens is 1. The number of aryl methyl sites for hydroxylation is 3. The number of aromatic amines is 1. The van der Waals surface area contributed by atoms with Crippen molar-refractivity contribution in [3.63, 3.8) is 0 Å². The number of rotatable bonds is 11. The minimum Gasteiger partial charge on any atom is -0.507 e. The molecule has 12 heteroatoms. The molecule has 0 aliphatic carbocycles. The van der Waals surface area contributed by atoms with Gasteiger partial charge >= 0.3 is 5.63 Å². The Balaban J connectivity index is 1.62. The monoisotopic (exact) mass is 535 g/mol. The molecule has 0 radical (unpaired) electrons. The van der Waals surface area contributed by atoms with Crippen LogP contribution in [0.1, 0.15) is 40.6 Å². The van der Waals surface area contributed by atoms with Crippen molar-refractivity contribution >= 4 is 11.6 Å². The molecule has 1 amide bonds. The highest BCUT2D eigenvalue weighted by atomic mass is 16.5. The summed E-state index contributed by atoms with van der Waals surface area (Å²) < 4.78 is 21.7. The van der Waals surface area contributed by atoms with Crippen molar-refractivity contribution in [3.8, 4) is 23.0 Å². The first-order valence-corrected chi connectivity index (χ1v) is 12.1. The van der Waals surface area contributed by atoms with E-state index in [0.717, 1.165) is 5.56 Å². The highest BCUT2D eigenvalue weighted by Gasteiger charge is 2.30. The van der Waals surface area contributed by atoms with E-state index in [0.29, 0.717) is 35.7 Å². The number of methoxy groups -OCH3 is 3. The van der Waals surface area contributed by atoms with Crippen LogP contribution in [0.15, 0.2) is 51.7 Å². The van der Waals surface area contributed by atoms with Crippen LogP contribution >= 0.6 is 0 Å². The normalized spacial score (nSPS) is 11.6. The van der Waals surface area contributed by atoms with Gasteiger partial charge in [0.15, 0.2) is 17.3 Å². The fourth-order valence-electron chi connectivity index (χ4n) is 4.39. The molecule has 1 atom stereocenters. The molecule has 0 unspecified atom stereocenters. The number of carbonyl (C=O) groups is 1. The van der Waals surface area contributed by atoms with Gasteiger partial charge in [-0.15, -0.1) is 10.2 Å². The Morgan fingerprint density at radius 1 is 1.05 bits per heavy atom. The molecule has 12 nitrogen and oxygen atoms in total. The third-order valence-electron chi connectivity index (χ3n) is 6.20. The van der Waals surface area contributed by atoms with Crippen LogP contribution < -0.4 is 25.2 Å². The maximum Gasteiger partial charge on any atom is 0.343 e. The number of hydrogen-bond donors (Lipinski definition) is 3. The number of ether oxygens (including phenoxy) is 3. The number of hydrogen-bond acceptors (Lipinski definition) is 10. The Bertz CT molecular complexity index is 1480. The molecule has 0 saturated heterocycles. The first-order chi connectivity index (χ1) is 18.8. The Kier molecular flexibility index (Phi) is 8.44. The maximum absolute atomic E-state index is 13.3. The fraction of sp³-hybridized carbons (Fsp3) is 0.296. The second-order valence-electron chi connectivity index (χ2n) is 8.70. The summed E-state index contributed by atoms with van der Waals surface area (Å²) in [4.78, 5) is 26.2. The Labute approximate surface area is 223 Å². The Morgan fingerprint density at radius 3 is 2.41 bits per heavy atom. The van der Waals surface area contributed by atoms with Gasteiger partial charge in [0.1, 0.15) is 11.5 Å². The van der Waals surface area contributed by atoms with Crippen LogP contribution in [0.5, 0.6) is 23.0 Å². The van der Waals surface area contributed by atoms with E-state index in [9.17, 15) is 14.7 Å². The molecule has 2 aromatic heterocycles. The van der Waals surface area contributed by atoms with E-state index < -0.39 is 17.5 Å². The second-order valence-corrected chi connectivity index (χ2v) is 8.70. The first-order valence-electron chi connectivity index (χ1n) is 12.1. The average Bonchev–Trinajstić information content (AvgIpc) is 3.44. The summed E-state index contributed by atoms with van der Waals surface area (Å²) >= 11 is 0. The minimum absolute atomic E-state index is 0.0712. The van der Waals surface area contributed by atoms with E-state index >= 15 is 0 Å². The lowest BCUT2D eigenvalue weighted by Gasteiger charge is -2.22. The summed E-state index contributed by atoms with van der Waals surface area (Å²) in [5.74, 6) is 0.207. The predicted molar refractivity (Wildman–Crippen MR) is 141 cm³/mol. The van der Waals surface area contributed by atoms with Gasteiger partial charge in [-0.25, -0.2) is 4.79 Å². The molecule has 4 aromatic rings. The molecule has 2 heterocycles. The van der Waals surface area contributed by atoms with Gasteiger partial charge in [0, 0.05) is 36.1 Å². The van der Waals surface area contributed by atoms with Crippen LogP contribution in [0.3, 0.4) is 0 Å². The lowest BCUT2D eigenvalue weighted by atomic mass is 9.87. The highest BCUT2D eigenvalue weighted by Crippen LogP contribution is 2.46. The molecule has 39 heavy (non-hydrogen) atoms. The fourth-order valence-corrected chi connectivity index (χ4v) is 4.39. The average molecular weight is 536 g/mol. The number of benzene rings is 2. The van der Waals surface area contributed by atoms with Crippen LogP contribution in [0.2, 0.25) is 0 Å². The molecule has 3 N–H and O–H groups in total. The number of nitrogens with zero attached hydrogens (tertiary/aromatic N) is 3. The smallest absolute Gasteiger partial charge is 0.343 e. The summed E-state index contributed by atoms with van der Waals surface area (Å²) in [6.07, 6.45) is 1.13. The number of nitrogens with one attached hydrogen (secondary N) is 2. The van der Waals surface area contributed by atoms with Crippen molar-refractivity contribution in [1.29, 1.82) is 0 Å². The molecule has 4 rings (SSSR count). The summed E-state index contributed by atoms with van der Waals surface area (Å²) in [6, 6.07) is 12.0. The molecule has 0 spiro atoms. The van der Waals surface area contributed by atoms with Gasteiger partial charge in [0.2, 0.25) is 11.7 Å². The number of carbonyl (C=O) groups excluding carboxylic acids is 1. The van der Waals surface area contributed by atoms with Crippen molar-refractivity contribution in [2.75, 3.05) is 26.6 Å². The zero-order valence-electron chi connectivity index (χ0n) is 22.0. The third-order valence-corrected chi connectivity index (χ3v) is 6.20. The zero-order chi connectivity index (χ0) is 27.9. The molecule has 0 aliphatic rings. The van der Waals surface area contributed by atoms with Crippen molar-refractivity contribution in [2.45, 2.75) is 32.1 Å². The summed E-state index contributed by atoms with van der Waals surface area (Å²) in [5, 5.41) is 27.5. The molecule has 0 aliphatic heterocycles. The molecule has 204 valence electrons. The lowest BCUT2D eigenvalue weighted by molar-refractivity contribution is -0.116. The third kappa shape index (κ3) is 6.17. The van der Waals surface area contributed by atoms with Gasteiger partial charge < -0.3 is 29.1 Å². The van der Waals surface area contributed by atoms with Crippen LogP contribution in [-0.4, -0.2) is 53.0 Å². The quantitative estimate of drug-likeness (QED) is 0.260. The molecule has 0 bridgehead atoms. The van der Waals surface area contributed by atoms with Gasteiger partial charge in [0.05, 0.1) is 26.9 Å². The van der Waals surface area contributed by atoms with Gasteiger partial charge in [-0.3, -0.25) is 4.79 Å². The standard InChI is InChI=1S/C27H29N5O7/c1-15-13-20(33)24(27(35)39-15)19(18-10-11-21(36-2)26(38-4)25(18)37-3)14-23(34)28-17-8-5-16(6-9-17)7-12-22-29-31-32-30-22/h5-6,8-11,13,19,33H,7,12,14H2,1-4H3,(H,28,34)(H,29,30,31,32)/t19-/m0/s1. The molecule has 0 fully saturated rings. The van der Waals surface area contributed by atoms with Crippen LogP contribution in [0.25, 0.3) is 0 Å². The van der Waals surface area contributed by atoms with Gasteiger partial charge in [-0.1, -0.05) is 23.4 Å². The van der Waals surface area contributed by atoms with Crippen LogP contribution in [0.4, 0.5) is 5.69 Å². The Hall–Kier alpha value is -4.87. The zero-order valence-corrected chi connectivity index (χ0v) is 22.0. The maximum atomic E-state index is 13.3. The number of amides is 1. The number of tetrazole rings is 1. The van der Waals surface area contributed by atoms with Gasteiger partial charge in [0.25, 0.3) is 0 Å². The van der Waals surface area contributed by atoms with E-state index in [1.165, 1.54) is 27.4 Å². The SMILES string of the molecule is COc1ccc([C@H](CC(=O)Nc2ccc(CCc3nn[nH]n3)cc2)c2c(O)cc(C)oc2=O)c(OC)c1OC. The summed E-state index contributed by atoms with van der Waals surface area (Å²) in [6.45, 7) is 1.55. The summed E-state index contributed by atoms with van der Waals surface area (Å²) in [5.41, 5.74) is 1.22. The summed E-state index contributed by atoms with van der Waals surface area (Å²) in [7, 11) is 4.38. The number of aromatic nitrogens is 4. The predicted octanol–water partition coefficient (Wildman–Crippen LogP) is 3.14. The molecular formula is C27H29N5O7. The van der Waals surface area contributed by atoms with Crippen molar-refractivity contribution in [2.24, 2.45) is 0 Å². The van der Waals surface area contributed by atoms with Gasteiger partial charge in [-0.2, -0.15) is 5.21 Å². The number of aromatic hydroxyl groups is 1. The molecular weight excluding hydrogens is 506 g/mol. The largest absolute Gasteiger partial charge is 0.507 e. The molecule has 0 saturated carbocycles. The van der Waals surface area contributed by atoms with Crippen LogP contribution in [-0.2, 0) is 17.6 Å². The highest BCUT2D eigenvalue weighted by molar-refractivity contribution is 5.91. The van der Waals surface area contributed by atoms with Crippen molar-refractivity contribution in [3.05, 3.63) is 81.2 Å². The van der Waals surface area contributed by atoms with E-state index in [-0.39, 0.29) is 35.0 Å².